The molecule has 2 nitrogen and oxygen atoms in total. The summed E-state index contributed by atoms with van der Waals surface area (Å²) in [6.07, 6.45) is 0. The fraction of sp³-hybridized carbons (Fsp3) is 0.100. The van der Waals surface area contributed by atoms with Gasteiger partial charge < -0.3 is 4.74 Å². The van der Waals surface area contributed by atoms with E-state index in [1.54, 1.807) is 7.11 Å². The van der Waals surface area contributed by atoms with Crippen molar-refractivity contribution in [2.24, 2.45) is 0 Å². The van der Waals surface area contributed by atoms with Crippen LogP contribution in [0.5, 0.6) is 5.88 Å². The molecule has 0 bridgehead atoms. The summed E-state index contributed by atoms with van der Waals surface area (Å²) in [4.78, 5) is 4.33. The number of hydrogen-bond donors (Lipinski definition) is 0. The first kappa shape index (κ1) is 9.93. The Bertz CT molecular complexity index is 485. The maximum absolute atomic E-state index is 5.06. The molecule has 0 aliphatic heterocycles. The lowest BCUT2D eigenvalue weighted by molar-refractivity contribution is 0.399. The van der Waals surface area contributed by atoms with Crippen LogP contribution in [0.4, 0.5) is 0 Å². The van der Waals surface area contributed by atoms with Crippen molar-refractivity contribution in [3.05, 3.63) is 33.2 Å². The molecule has 0 saturated carbocycles. The van der Waals surface area contributed by atoms with Gasteiger partial charge in [-0.05, 0) is 18.2 Å². The second kappa shape index (κ2) is 3.87. The van der Waals surface area contributed by atoms with E-state index in [4.69, 9.17) is 4.74 Å². The molecule has 1 aromatic carbocycles. The van der Waals surface area contributed by atoms with Crippen molar-refractivity contribution in [3.8, 4) is 5.88 Å². The maximum atomic E-state index is 5.06. The summed E-state index contributed by atoms with van der Waals surface area (Å²) < 4.78 is 7.08. The van der Waals surface area contributed by atoms with Crippen molar-refractivity contribution >= 4 is 42.8 Å². The third-order valence-electron chi connectivity index (χ3n) is 1.90. The lowest BCUT2D eigenvalue weighted by Crippen LogP contribution is -1.88. The summed E-state index contributed by atoms with van der Waals surface area (Å²) in [6.45, 7) is 0. The number of ether oxygens (including phenoxy) is 1. The molecule has 0 saturated heterocycles. The molecule has 2 aromatic rings. The molecule has 0 N–H and O–H groups in total. The van der Waals surface area contributed by atoms with E-state index in [9.17, 15) is 0 Å². The number of pyridine rings is 1. The van der Waals surface area contributed by atoms with Gasteiger partial charge in [0.25, 0.3) is 0 Å². The minimum absolute atomic E-state index is 0.627. The summed E-state index contributed by atoms with van der Waals surface area (Å²) >= 11 is 6.90. The minimum atomic E-state index is 0.627. The fourth-order valence-corrected chi connectivity index (χ4v) is 2.59. The predicted octanol–water partition coefficient (Wildman–Crippen LogP) is 3.77. The number of benzene rings is 1. The van der Waals surface area contributed by atoms with Crippen LogP contribution in [0.15, 0.2) is 33.2 Å². The number of hydrogen-bond acceptors (Lipinski definition) is 2. The molecule has 0 spiro atoms. The van der Waals surface area contributed by atoms with Gasteiger partial charge in [-0.25, -0.2) is 4.98 Å². The highest BCUT2D eigenvalue weighted by Crippen LogP contribution is 2.28. The van der Waals surface area contributed by atoms with Gasteiger partial charge in [0.2, 0.25) is 5.88 Å². The standard InChI is InChI=1S/C10H7Br2NO/c1-14-10-3-2-7-8(12)4-6(11)5-9(7)13-10/h2-5H,1H3. The topological polar surface area (TPSA) is 22.1 Å². The monoisotopic (exact) mass is 315 g/mol. The molecule has 0 atom stereocenters. The van der Waals surface area contributed by atoms with E-state index in [0.717, 1.165) is 19.8 Å². The van der Waals surface area contributed by atoms with E-state index in [0.29, 0.717) is 5.88 Å². The van der Waals surface area contributed by atoms with E-state index in [1.807, 2.05) is 24.3 Å². The second-order valence-corrected chi connectivity index (χ2v) is 4.58. The normalized spacial score (nSPS) is 10.5. The van der Waals surface area contributed by atoms with Crippen LogP contribution in [0.3, 0.4) is 0 Å². The number of halogens is 2. The molecule has 14 heavy (non-hydrogen) atoms. The Kier molecular flexibility index (Phi) is 2.74. The van der Waals surface area contributed by atoms with Crippen molar-refractivity contribution in [1.82, 2.24) is 4.98 Å². The first-order valence-corrected chi connectivity index (χ1v) is 5.59. The summed E-state index contributed by atoms with van der Waals surface area (Å²) in [5.41, 5.74) is 0.908. The van der Waals surface area contributed by atoms with Gasteiger partial charge in [-0.3, -0.25) is 0 Å². The zero-order valence-electron chi connectivity index (χ0n) is 7.42. The molecule has 72 valence electrons. The van der Waals surface area contributed by atoms with Crippen LogP contribution >= 0.6 is 31.9 Å². The lowest BCUT2D eigenvalue weighted by atomic mass is 10.2. The van der Waals surface area contributed by atoms with Crippen molar-refractivity contribution in [2.75, 3.05) is 7.11 Å². The van der Waals surface area contributed by atoms with Crippen molar-refractivity contribution < 1.29 is 4.74 Å². The lowest BCUT2D eigenvalue weighted by Gasteiger charge is -2.03. The molecule has 0 aliphatic rings. The molecular weight excluding hydrogens is 310 g/mol. The smallest absolute Gasteiger partial charge is 0.213 e. The molecule has 0 radical (unpaired) electrons. The largest absolute Gasteiger partial charge is 0.481 e. The molecule has 0 amide bonds. The van der Waals surface area contributed by atoms with E-state index < -0.39 is 0 Å². The van der Waals surface area contributed by atoms with Crippen LogP contribution in [-0.4, -0.2) is 12.1 Å². The average molecular weight is 317 g/mol. The van der Waals surface area contributed by atoms with Gasteiger partial charge in [0.1, 0.15) is 0 Å². The van der Waals surface area contributed by atoms with Crippen LogP contribution in [0, 0.1) is 0 Å². The van der Waals surface area contributed by atoms with Gasteiger partial charge in [-0.1, -0.05) is 31.9 Å². The fourth-order valence-electron chi connectivity index (χ4n) is 1.25. The van der Waals surface area contributed by atoms with Gasteiger partial charge in [0, 0.05) is 20.4 Å². The van der Waals surface area contributed by atoms with E-state index in [1.165, 1.54) is 0 Å². The first-order chi connectivity index (χ1) is 6.70. The molecule has 0 aliphatic carbocycles. The van der Waals surface area contributed by atoms with Gasteiger partial charge in [-0.2, -0.15) is 0 Å². The highest BCUT2D eigenvalue weighted by molar-refractivity contribution is 9.11. The third kappa shape index (κ3) is 1.77. The zero-order chi connectivity index (χ0) is 10.1. The van der Waals surface area contributed by atoms with Gasteiger partial charge in [0.15, 0.2) is 0 Å². The Morgan fingerprint density at radius 1 is 1.21 bits per heavy atom. The van der Waals surface area contributed by atoms with Crippen LogP contribution < -0.4 is 4.74 Å². The second-order valence-electron chi connectivity index (χ2n) is 2.81. The molecule has 1 aromatic heterocycles. The van der Waals surface area contributed by atoms with Crippen molar-refractivity contribution in [3.63, 3.8) is 0 Å². The Hall–Kier alpha value is -0.610. The average Bonchev–Trinajstić information content (AvgIpc) is 2.16. The SMILES string of the molecule is COc1ccc2c(Br)cc(Br)cc2n1. The van der Waals surface area contributed by atoms with Crippen LogP contribution in [0.25, 0.3) is 10.9 Å². The number of aromatic nitrogens is 1. The minimum Gasteiger partial charge on any atom is -0.481 e. The van der Waals surface area contributed by atoms with E-state index in [2.05, 4.69) is 36.8 Å². The Morgan fingerprint density at radius 2 is 2.00 bits per heavy atom. The van der Waals surface area contributed by atoms with Gasteiger partial charge in [0.05, 0.1) is 12.6 Å². The van der Waals surface area contributed by atoms with E-state index in [-0.39, 0.29) is 0 Å². The Balaban J connectivity index is 2.75. The number of rotatable bonds is 1. The van der Waals surface area contributed by atoms with Crippen LogP contribution in [0.1, 0.15) is 0 Å². The third-order valence-corrected chi connectivity index (χ3v) is 3.02. The highest BCUT2D eigenvalue weighted by atomic mass is 79.9. The van der Waals surface area contributed by atoms with Gasteiger partial charge in [-0.15, -0.1) is 0 Å². The van der Waals surface area contributed by atoms with Gasteiger partial charge >= 0.3 is 0 Å². The summed E-state index contributed by atoms with van der Waals surface area (Å²) in [7, 11) is 1.61. The molecular formula is C10H7Br2NO. The summed E-state index contributed by atoms with van der Waals surface area (Å²) in [5.74, 6) is 0.627. The number of fused-ring (bicyclic) bond motifs is 1. The molecule has 0 unspecified atom stereocenters. The highest BCUT2D eigenvalue weighted by Gasteiger charge is 2.03. The summed E-state index contributed by atoms with van der Waals surface area (Å²) in [6, 6.07) is 7.79. The quantitative estimate of drug-likeness (QED) is 0.799. The summed E-state index contributed by atoms with van der Waals surface area (Å²) in [5, 5.41) is 1.08. The van der Waals surface area contributed by atoms with Crippen LogP contribution in [-0.2, 0) is 0 Å². The van der Waals surface area contributed by atoms with E-state index >= 15 is 0 Å². The number of methoxy groups -OCH3 is 1. The molecule has 1 heterocycles. The van der Waals surface area contributed by atoms with Crippen molar-refractivity contribution in [1.29, 1.82) is 0 Å². The maximum Gasteiger partial charge on any atom is 0.213 e. The van der Waals surface area contributed by atoms with Crippen LogP contribution in [0.2, 0.25) is 0 Å². The first-order valence-electron chi connectivity index (χ1n) is 4.00. The Labute approximate surface area is 98.5 Å². The Morgan fingerprint density at radius 3 is 2.71 bits per heavy atom. The molecule has 0 fully saturated rings. The molecule has 4 heteroatoms. The zero-order valence-corrected chi connectivity index (χ0v) is 10.6. The number of nitrogens with zero attached hydrogens (tertiary/aromatic N) is 1. The predicted molar refractivity (Wildman–Crippen MR) is 63.7 cm³/mol. The molecule has 2 rings (SSSR count). The van der Waals surface area contributed by atoms with Crippen molar-refractivity contribution in [2.45, 2.75) is 0 Å².